The Morgan fingerprint density at radius 2 is 1.31 bits per heavy atom. The van der Waals surface area contributed by atoms with Crippen LogP contribution in [0.1, 0.15) is 62.9 Å². The molecule has 1 N–H and O–H groups in total. The van der Waals surface area contributed by atoms with Crippen LogP contribution >= 0.6 is 11.3 Å². The van der Waals surface area contributed by atoms with Crippen molar-refractivity contribution in [3.05, 3.63) is 140 Å². The van der Waals surface area contributed by atoms with E-state index in [0.717, 1.165) is 69.2 Å². The number of benzene rings is 3. The van der Waals surface area contributed by atoms with Gasteiger partial charge in [0.2, 0.25) is 17.1 Å². The fourth-order valence-electron chi connectivity index (χ4n) is 7.36. The number of hydrogen-bond donors (Lipinski definition) is 1. The highest BCUT2D eigenvalue weighted by Crippen LogP contribution is 2.25. The molecule has 0 fully saturated rings. The van der Waals surface area contributed by atoms with Crippen LogP contribution in [0.2, 0.25) is 6.32 Å². The molecule has 14 heteroatoms. The molecule has 12 nitrogen and oxygen atoms in total. The van der Waals surface area contributed by atoms with E-state index in [1.165, 1.54) is 0 Å². The average Bonchev–Trinajstić information content (AvgIpc) is 3.68. The minimum Gasteiger partial charge on any atom is -0.459 e. The molecule has 0 spiro atoms. The Kier molecular flexibility index (Phi) is 17.0. The molecule has 0 aliphatic rings. The average molecular weight is 894 g/mol. The summed E-state index contributed by atoms with van der Waals surface area (Å²) in [5.41, 5.74) is 5.44. The molecule has 0 unspecified atom stereocenters. The van der Waals surface area contributed by atoms with Crippen LogP contribution in [0.3, 0.4) is 0 Å². The van der Waals surface area contributed by atoms with Crippen LogP contribution in [0.25, 0.3) is 56.5 Å². The maximum atomic E-state index is 12.7. The lowest BCUT2D eigenvalue weighted by Gasteiger charge is -2.20. The van der Waals surface area contributed by atoms with E-state index in [9.17, 15) is 19.2 Å². The highest BCUT2D eigenvalue weighted by molar-refractivity contribution is 7.18. The number of nitrogens with one attached hydrogen (secondary N) is 1. The van der Waals surface area contributed by atoms with Crippen LogP contribution in [-0.4, -0.2) is 59.1 Å². The molecular formula is C51H56BN5O7S+2. The molecule has 3 aromatic carbocycles. The summed E-state index contributed by atoms with van der Waals surface area (Å²) in [4.78, 5) is 52.6. The minimum atomic E-state index is -0.377. The van der Waals surface area contributed by atoms with Gasteiger partial charge in [0.05, 0.1) is 25.5 Å². The second-order valence-corrected chi connectivity index (χ2v) is 16.0. The van der Waals surface area contributed by atoms with E-state index in [0.29, 0.717) is 55.0 Å². The first-order valence-electron chi connectivity index (χ1n) is 22.1. The molecule has 0 aliphatic heterocycles. The number of hydrogen-bond acceptors (Lipinski definition) is 10. The predicted octanol–water partition coefficient (Wildman–Crippen LogP) is 8.07. The Labute approximate surface area is 384 Å². The summed E-state index contributed by atoms with van der Waals surface area (Å²) >= 11 is 1.62. The minimum absolute atomic E-state index is 0.0274. The molecule has 0 aliphatic carbocycles. The molecule has 4 aromatic heterocycles. The highest BCUT2D eigenvalue weighted by atomic mass is 32.1. The van der Waals surface area contributed by atoms with Gasteiger partial charge in [0, 0.05) is 97.2 Å². The van der Waals surface area contributed by atoms with Gasteiger partial charge in [0.25, 0.3) is 5.01 Å². The largest absolute Gasteiger partial charge is 0.459 e. The monoisotopic (exact) mass is 893 g/mol. The van der Waals surface area contributed by atoms with Crippen molar-refractivity contribution in [1.82, 2.24) is 5.32 Å². The van der Waals surface area contributed by atoms with Gasteiger partial charge in [-0.2, -0.15) is 9.13 Å². The molecule has 1 amide bonds. The van der Waals surface area contributed by atoms with Gasteiger partial charge in [0.15, 0.2) is 25.9 Å². The molecule has 2 radical (unpaired) electrons. The Morgan fingerprint density at radius 1 is 0.723 bits per heavy atom. The fourth-order valence-corrected chi connectivity index (χ4v) is 8.45. The number of thiazole rings is 1. The summed E-state index contributed by atoms with van der Waals surface area (Å²) in [5.74, 6) is -0.401. The Bertz CT molecular complexity index is 2930. The van der Waals surface area contributed by atoms with Crippen LogP contribution in [0, 0.1) is 0 Å². The lowest BCUT2D eigenvalue weighted by atomic mass is 10.1. The zero-order chi connectivity index (χ0) is 46.3. The summed E-state index contributed by atoms with van der Waals surface area (Å²) in [6.45, 7) is 15.6. The van der Waals surface area contributed by atoms with Crippen LogP contribution < -0.4 is 35.5 Å². The van der Waals surface area contributed by atoms with Crippen molar-refractivity contribution in [2.45, 2.75) is 60.4 Å². The van der Waals surface area contributed by atoms with Crippen LogP contribution in [0.15, 0.2) is 116 Å². The number of nitrogens with zero attached hydrogens (tertiary/aromatic N) is 4. The number of fused-ring (bicyclic) bond motifs is 3. The molecule has 334 valence electrons. The third-order valence-corrected chi connectivity index (χ3v) is 12.1. The number of carbonyl (C=O) groups is 2. The number of carbonyl (C=O) groups excluding carboxylic acids is 2. The number of amides is 1. The zero-order valence-electron chi connectivity index (χ0n) is 37.8. The summed E-state index contributed by atoms with van der Waals surface area (Å²) < 4.78 is 21.8. The number of anilines is 2. The second-order valence-electron chi connectivity index (χ2n) is 14.9. The first-order chi connectivity index (χ1) is 31.6. The zero-order valence-corrected chi connectivity index (χ0v) is 38.6. The molecular weight excluding hydrogens is 837 g/mol. The Hall–Kier alpha value is -6.80. The topological polar surface area (TPSA) is 130 Å². The van der Waals surface area contributed by atoms with Gasteiger partial charge in [-0.25, -0.2) is 9.59 Å². The molecule has 7 rings (SSSR count). The van der Waals surface area contributed by atoms with Gasteiger partial charge in [-0.1, -0.05) is 30.4 Å². The second kappa shape index (κ2) is 23.2. The quantitative estimate of drug-likeness (QED) is 0.0394. The standard InChI is InChI=1S/C27H29N2O4S.C24H26BN3O3/c1-4-26(30)32-16-15-29-22-9-7-8-10-24(22)34-25(29)14-12-20-17-19-11-13-21(28(5-2)6-3)18-23(19)33-27(20)31;1-3-27(4-2)21-11-8-18-15-19(24(30)31-22(18)16-21)9-10-20-7-5-6-13-28(20)14-12-26-23(29)17-25/h7-14,17-18H,4-6,15-16H2,1-3H3;5-11,13,15-16H,3-4,12,14,17H2,1-2H3/q+1;/p+1. The van der Waals surface area contributed by atoms with Crippen molar-refractivity contribution >= 4 is 98.9 Å². The van der Waals surface area contributed by atoms with E-state index in [1.807, 2.05) is 102 Å². The maximum absolute atomic E-state index is 12.7. The Balaban J connectivity index is 0.000000216. The van der Waals surface area contributed by atoms with E-state index < -0.39 is 0 Å². The number of ether oxygens (including phenoxy) is 1. The summed E-state index contributed by atoms with van der Waals surface area (Å²) in [5, 5.41) is 5.47. The van der Waals surface area contributed by atoms with Crippen molar-refractivity contribution in [1.29, 1.82) is 0 Å². The number of esters is 1. The van der Waals surface area contributed by atoms with Crippen LogP contribution in [0.4, 0.5) is 11.4 Å². The number of aromatic nitrogens is 2. The number of rotatable bonds is 18. The lowest BCUT2D eigenvalue weighted by molar-refractivity contribution is -0.696. The van der Waals surface area contributed by atoms with Gasteiger partial charge in [0.1, 0.15) is 15.9 Å². The van der Waals surface area contributed by atoms with Gasteiger partial charge in [-0.15, -0.1) is 0 Å². The molecule has 7 aromatic rings. The fraction of sp³-hybridized carbons (Fsp3) is 0.294. The number of para-hydroxylation sites is 1. The molecule has 0 bridgehead atoms. The van der Waals surface area contributed by atoms with Crippen molar-refractivity contribution in [2.24, 2.45) is 0 Å². The van der Waals surface area contributed by atoms with Gasteiger partial charge in [-0.05, 0) is 94.7 Å². The van der Waals surface area contributed by atoms with E-state index in [4.69, 9.17) is 21.4 Å². The van der Waals surface area contributed by atoms with Crippen molar-refractivity contribution in [3.63, 3.8) is 0 Å². The molecule has 0 saturated heterocycles. The normalized spacial score (nSPS) is 11.3. The van der Waals surface area contributed by atoms with Crippen LogP contribution in [0.5, 0.6) is 0 Å². The summed E-state index contributed by atoms with van der Waals surface area (Å²) in [6.07, 6.45) is 9.60. The third-order valence-electron chi connectivity index (χ3n) is 10.9. The van der Waals surface area contributed by atoms with Crippen molar-refractivity contribution < 1.29 is 32.3 Å². The van der Waals surface area contributed by atoms with E-state index >= 15 is 0 Å². The SMILES string of the molecule is CCC(=O)OCC[n+]1c(/C=C/c2cc3ccc(N(CC)CC)cc3oc2=O)sc2ccccc21.[B]CC(=O)NCC[n+]1ccccc1/C=C/c1cc2ccc(N(CC)CC)cc2oc1=O. The predicted molar refractivity (Wildman–Crippen MR) is 263 cm³/mol. The van der Waals surface area contributed by atoms with E-state index in [1.54, 1.807) is 30.4 Å². The highest BCUT2D eigenvalue weighted by Gasteiger charge is 2.19. The number of pyridine rings is 1. The molecule has 65 heavy (non-hydrogen) atoms. The van der Waals surface area contributed by atoms with Crippen molar-refractivity contribution in [3.8, 4) is 0 Å². The lowest BCUT2D eigenvalue weighted by Crippen LogP contribution is -2.42. The third kappa shape index (κ3) is 12.3. The maximum Gasteiger partial charge on any atom is 0.343 e. The van der Waals surface area contributed by atoms with Crippen molar-refractivity contribution in [2.75, 3.05) is 49.1 Å². The van der Waals surface area contributed by atoms with E-state index in [-0.39, 0.29) is 29.4 Å². The van der Waals surface area contributed by atoms with Gasteiger partial charge < -0.3 is 28.7 Å². The van der Waals surface area contributed by atoms with Gasteiger partial charge >= 0.3 is 17.2 Å². The van der Waals surface area contributed by atoms with Crippen LogP contribution in [-0.2, 0) is 27.4 Å². The summed E-state index contributed by atoms with van der Waals surface area (Å²) in [7, 11) is 5.31. The van der Waals surface area contributed by atoms with Gasteiger partial charge in [-0.3, -0.25) is 9.59 Å². The summed E-state index contributed by atoms with van der Waals surface area (Å²) in [6, 6.07) is 29.5. The first kappa shape index (κ1) is 47.7. The molecule has 0 atom stereocenters. The molecule has 0 saturated carbocycles. The van der Waals surface area contributed by atoms with E-state index in [2.05, 4.69) is 59.5 Å². The molecule has 4 heterocycles. The Morgan fingerprint density at radius 3 is 1.89 bits per heavy atom. The first-order valence-corrected chi connectivity index (χ1v) is 22.9. The smallest absolute Gasteiger partial charge is 0.343 e.